The smallest absolute Gasteiger partial charge is 0.433 e. The molecule has 0 aliphatic carbocycles. The van der Waals surface area contributed by atoms with E-state index >= 15 is 0 Å². The van der Waals surface area contributed by atoms with E-state index < -0.39 is 23.8 Å². The number of carbonyl (C=O) groups is 1. The molecular weight excluding hydrogens is 561 g/mol. The van der Waals surface area contributed by atoms with Crippen molar-refractivity contribution in [2.75, 3.05) is 24.6 Å². The van der Waals surface area contributed by atoms with E-state index in [4.69, 9.17) is 20.8 Å². The number of aliphatic carboxylic acids is 1. The van der Waals surface area contributed by atoms with Crippen molar-refractivity contribution in [3.63, 3.8) is 0 Å². The zero-order valence-electron chi connectivity index (χ0n) is 21.9. The Morgan fingerprint density at radius 3 is 2.63 bits per heavy atom. The minimum absolute atomic E-state index is 0.0307. The molecule has 41 heavy (non-hydrogen) atoms. The average Bonchev–Trinajstić information content (AvgIpc) is 3.53. The highest BCUT2D eigenvalue weighted by molar-refractivity contribution is 6.30. The third-order valence-corrected chi connectivity index (χ3v) is 7.20. The minimum atomic E-state index is -4.61. The molecule has 2 aromatic carbocycles. The van der Waals surface area contributed by atoms with Gasteiger partial charge in [-0.2, -0.15) is 13.2 Å². The topological polar surface area (TPSA) is 102 Å². The van der Waals surface area contributed by atoms with Gasteiger partial charge in [0.15, 0.2) is 0 Å². The molecule has 2 atom stereocenters. The number of rotatable bonds is 9. The molecule has 8 nitrogen and oxygen atoms in total. The molecule has 12 heteroatoms. The Bertz CT molecular complexity index is 1530. The number of benzene rings is 2. The zero-order valence-corrected chi connectivity index (χ0v) is 22.7. The van der Waals surface area contributed by atoms with E-state index in [1.54, 1.807) is 24.3 Å². The Labute approximate surface area is 238 Å². The maximum atomic E-state index is 13.1. The highest BCUT2D eigenvalue weighted by atomic mass is 35.5. The van der Waals surface area contributed by atoms with Gasteiger partial charge in [-0.25, -0.2) is 15.0 Å². The van der Waals surface area contributed by atoms with E-state index in [-0.39, 0.29) is 25.0 Å². The number of ether oxygens (including phenoxy) is 1. The second kappa shape index (κ2) is 11.8. The van der Waals surface area contributed by atoms with Gasteiger partial charge in [-0.05, 0) is 61.2 Å². The molecule has 0 bridgehead atoms. The van der Waals surface area contributed by atoms with Crippen LogP contribution in [0.25, 0.3) is 11.5 Å². The minimum Gasteiger partial charge on any atom is -0.493 e. The Balaban J connectivity index is 1.18. The number of nitrogens with zero attached hydrogens (tertiary/aromatic N) is 4. The Morgan fingerprint density at radius 2 is 1.93 bits per heavy atom. The molecule has 0 amide bonds. The van der Waals surface area contributed by atoms with Gasteiger partial charge in [0.2, 0.25) is 11.8 Å². The number of carboxylic acid groups (broad SMARTS) is 1. The third-order valence-electron chi connectivity index (χ3n) is 6.97. The average molecular weight is 587 g/mol. The molecule has 1 N–H and O–H groups in total. The number of alkyl halides is 3. The van der Waals surface area contributed by atoms with Crippen LogP contribution in [-0.2, 0) is 23.8 Å². The van der Waals surface area contributed by atoms with Crippen LogP contribution in [0.2, 0.25) is 5.02 Å². The molecule has 2 aromatic heterocycles. The van der Waals surface area contributed by atoms with E-state index in [0.29, 0.717) is 41.9 Å². The fraction of sp³-hybridized carbons (Fsp3) is 0.310. The summed E-state index contributed by atoms with van der Waals surface area (Å²) in [5, 5.41) is 10.4. The first kappa shape index (κ1) is 28.4. The lowest BCUT2D eigenvalue weighted by molar-refractivity contribution is -0.142. The molecule has 3 heterocycles. The molecular formula is C29H26ClF3N4O4. The molecule has 4 aromatic rings. The first-order valence-corrected chi connectivity index (χ1v) is 13.3. The van der Waals surface area contributed by atoms with E-state index in [1.165, 1.54) is 4.90 Å². The highest BCUT2D eigenvalue weighted by Crippen LogP contribution is 2.32. The van der Waals surface area contributed by atoms with E-state index in [2.05, 4.69) is 15.0 Å². The predicted molar refractivity (Wildman–Crippen MR) is 145 cm³/mol. The van der Waals surface area contributed by atoms with Gasteiger partial charge >= 0.3 is 12.1 Å². The van der Waals surface area contributed by atoms with Crippen molar-refractivity contribution in [3.8, 4) is 17.2 Å². The van der Waals surface area contributed by atoms with Gasteiger partial charge in [-0.3, -0.25) is 4.79 Å². The van der Waals surface area contributed by atoms with Crippen molar-refractivity contribution in [2.45, 2.75) is 25.9 Å². The largest absolute Gasteiger partial charge is 0.493 e. The first-order valence-electron chi connectivity index (χ1n) is 12.9. The lowest BCUT2D eigenvalue weighted by atomic mass is 9.90. The number of hydrogen-bond acceptors (Lipinski definition) is 7. The number of aryl methyl sites for hydroxylation is 1. The lowest BCUT2D eigenvalue weighted by Crippen LogP contribution is -2.25. The number of halogens is 4. The maximum Gasteiger partial charge on any atom is 0.433 e. The van der Waals surface area contributed by atoms with Gasteiger partial charge in [0.05, 0.1) is 18.2 Å². The molecule has 1 saturated heterocycles. The van der Waals surface area contributed by atoms with E-state index in [9.17, 15) is 23.1 Å². The fourth-order valence-electron chi connectivity index (χ4n) is 4.87. The number of aromatic nitrogens is 3. The summed E-state index contributed by atoms with van der Waals surface area (Å²) in [5.41, 5.74) is 1.40. The van der Waals surface area contributed by atoms with Gasteiger partial charge in [-0.1, -0.05) is 29.8 Å². The quantitative estimate of drug-likeness (QED) is 0.251. The second-order valence-electron chi connectivity index (χ2n) is 9.83. The highest BCUT2D eigenvalue weighted by Gasteiger charge is 2.40. The monoisotopic (exact) mass is 586 g/mol. The summed E-state index contributed by atoms with van der Waals surface area (Å²) in [4.78, 5) is 25.6. The fourth-order valence-corrected chi connectivity index (χ4v) is 5.07. The zero-order chi connectivity index (χ0) is 29.1. The molecule has 1 fully saturated rings. The van der Waals surface area contributed by atoms with Crippen molar-refractivity contribution < 1.29 is 32.2 Å². The van der Waals surface area contributed by atoms with E-state index in [1.807, 2.05) is 31.2 Å². The number of carboxylic acids is 1. The molecule has 5 rings (SSSR count). The Hall–Kier alpha value is -4.12. The van der Waals surface area contributed by atoms with Crippen LogP contribution in [-0.4, -0.2) is 45.7 Å². The molecule has 1 aliphatic rings. The van der Waals surface area contributed by atoms with Gasteiger partial charge < -0.3 is 19.2 Å². The number of anilines is 1. The molecule has 1 aliphatic heterocycles. The second-order valence-corrected chi connectivity index (χ2v) is 10.3. The van der Waals surface area contributed by atoms with Gasteiger partial charge in [0, 0.05) is 36.3 Å². The van der Waals surface area contributed by atoms with Crippen LogP contribution in [0.15, 0.2) is 65.2 Å². The SMILES string of the molecule is Cc1oc(-c2cccc(Cl)c2)nc1CCOc1ccc(C[C@@H]2CN(c3nccc(C(F)(F)F)n3)C[C@@H]2C(=O)O)cc1. The lowest BCUT2D eigenvalue weighted by Gasteiger charge is -2.17. The van der Waals surface area contributed by atoms with Crippen molar-refractivity contribution >= 4 is 23.5 Å². The predicted octanol–water partition coefficient (Wildman–Crippen LogP) is 6.11. The molecule has 0 spiro atoms. The van der Waals surface area contributed by atoms with Crippen LogP contribution < -0.4 is 9.64 Å². The first-order chi connectivity index (χ1) is 19.6. The number of hydrogen-bond donors (Lipinski definition) is 1. The summed E-state index contributed by atoms with van der Waals surface area (Å²) < 4.78 is 50.9. The molecule has 0 unspecified atom stereocenters. The van der Waals surface area contributed by atoms with Crippen molar-refractivity contribution in [1.29, 1.82) is 0 Å². The van der Waals surface area contributed by atoms with Crippen molar-refractivity contribution in [1.82, 2.24) is 15.0 Å². The van der Waals surface area contributed by atoms with Crippen LogP contribution in [0.1, 0.15) is 22.7 Å². The van der Waals surface area contributed by atoms with E-state index in [0.717, 1.165) is 29.1 Å². The van der Waals surface area contributed by atoms with Gasteiger partial charge in [-0.15, -0.1) is 0 Å². The van der Waals surface area contributed by atoms with Crippen LogP contribution in [0.4, 0.5) is 19.1 Å². The molecule has 0 radical (unpaired) electrons. The Morgan fingerprint density at radius 1 is 1.15 bits per heavy atom. The standard InChI is InChI=1S/C29H26ClF3N4O4/c1-17-24(35-26(41-17)19-3-2-4-21(30)14-19)10-12-40-22-7-5-18(6-8-22)13-20-15-37(16-23(20)27(38)39)28-34-11-9-25(36-28)29(31,32)33/h2-9,11,14,20,23H,10,12-13,15-16H2,1H3,(H,38,39)/t20-,23+/m1/s1. The molecule has 0 saturated carbocycles. The van der Waals surface area contributed by atoms with Crippen molar-refractivity contribution in [2.24, 2.45) is 11.8 Å². The van der Waals surface area contributed by atoms with Gasteiger partial charge in [0.1, 0.15) is 17.2 Å². The van der Waals surface area contributed by atoms with Crippen molar-refractivity contribution in [3.05, 3.63) is 88.5 Å². The van der Waals surface area contributed by atoms with Crippen LogP contribution >= 0.6 is 11.6 Å². The normalized spacial score (nSPS) is 17.1. The summed E-state index contributed by atoms with van der Waals surface area (Å²) in [6, 6.07) is 15.4. The van der Waals surface area contributed by atoms with Crippen LogP contribution in [0, 0.1) is 18.8 Å². The molecule has 214 valence electrons. The third kappa shape index (κ3) is 6.79. The number of oxazole rings is 1. The maximum absolute atomic E-state index is 13.1. The summed E-state index contributed by atoms with van der Waals surface area (Å²) in [7, 11) is 0. The van der Waals surface area contributed by atoms with Gasteiger partial charge in [0.25, 0.3) is 0 Å². The summed E-state index contributed by atoms with van der Waals surface area (Å²) in [5.74, 6) is -0.398. The van der Waals surface area contributed by atoms with Crippen LogP contribution in [0.3, 0.4) is 0 Å². The summed E-state index contributed by atoms with van der Waals surface area (Å²) >= 11 is 6.07. The summed E-state index contributed by atoms with van der Waals surface area (Å²) in [6.07, 6.45) is -2.61. The Kier molecular flexibility index (Phi) is 8.16. The van der Waals surface area contributed by atoms with Crippen LogP contribution in [0.5, 0.6) is 5.75 Å². The summed E-state index contributed by atoms with van der Waals surface area (Å²) in [6.45, 7) is 2.48.